The van der Waals surface area contributed by atoms with Crippen LogP contribution in [0.2, 0.25) is 0 Å². The maximum atomic E-state index is 13.0. The highest BCUT2D eigenvalue weighted by Crippen LogP contribution is 2.27. The summed E-state index contributed by atoms with van der Waals surface area (Å²) in [6, 6.07) is 8.83. The average molecular weight is 522 g/mol. The number of anilines is 2. The lowest BCUT2D eigenvalue weighted by Gasteiger charge is -2.38. The number of carbonyl (C=O) groups is 3. The predicted octanol–water partition coefficient (Wildman–Crippen LogP) is 1.02. The van der Waals surface area contributed by atoms with Crippen LogP contribution in [0.25, 0.3) is 0 Å². The molecule has 1 aromatic carbocycles. The van der Waals surface area contributed by atoms with E-state index in [1.165, 1.54) is 30.5 Å². The Balaban J connectivity index is 1.12. The molecule has 5 rings (SSSR count). The van der Waals surface area contributed by atoms with Crippen LogP contribution in [-0.4, -0.2) is 65.0 Å². The van der Waals surface area contributed by atoms with Crippen molar-refractivity contribution in [2.45, 2.75) is 12.5 Å². The minimum Gasteiger partial charge on any atom is -0.479 e. The molecule has 2 fully saturated rings. The Hall–Kier alpha value is -4.81. The summed E-state index contributed by atoms with van der Waals surface area (Å²) in [6.45, 7) is 1.09. The van der Waals surface area contributed by atoms with Crippen LogP contribution in [0.1, 0.15) is 6.42 Å². The number of nitrogens with one attached hydrogen (secondary N) is 1. The molecule has 2 aliphatic rings. The molecule has 0 spiro atoms. The number of rotatable bonds is 9. The van der Waals surface area contributed by atoms with E-state index < -0.39 is 12.0 Å². The molecule has 0 bridgehead atoms. The molecule has 3 amide bonds. The molecule has 0 aliphatic carbocycles. The fraction of sp³-hybridized carbons (Fsp3) is 0.280. The van der Waals surface area contributed by atoms with E-state index in [1.807, 2.05) is 4.90 Å². The Morgan fingerprint density at radius 1 is 1.03 bits per heavy atom. The van der Waals surface area contributed by atoms with E-state index in [9.17, 15) is 18.8 Å². The monoisotopic (exact) mass is 521 g/mol. The first-order valence-electron chi connectivity index (χ1n) is 11.9. The lowest BCUT2D eigenvalue weighted by molar-refractivity contribution is -0.128. The third-order valence-corrected chi connectivity index (χ3v) is 6.09. The van der Waals surface area contributed by atoms with Crippen molar-refractivity contribution < 1.29 is 28.2 Å². The molecule has 3 aromatic rings. The lowest BCUT2D eigenvalue weighted by Crippen LogP contribution is -2.55. The van der Waals surface area contributed by atoms with Crippen molar-refractivity contribution in [2.75, 3.05) is 36.0 Å². The average Bonchev–Trinajstić information content (AvgIpc) is 3.24. The molecule has 13 heteroatoms. The third kappa shape index (κ3) is 5.61. The van der Waals surface area contributed by atoms with Crippen molar-refractivity contribution in [2.24, 2.45) is 11.7 Å². The second-order valence-corrected chi connectivity index (χ2v) is 8.80. The second-order valence-electron chi connectivity index (χ2n) is 8.80. The molecular formula is C25H24FN7O5. The Bertz CT molecular complexity index is 1320. The number of aromatic nitrogens is 3. The normalized spacial score (nSPS) is 17.2. The van der Waals surface area contributed by atoms with Gasteiger partial charge in [0.2, 0.25) is 23.6 Å². The van der Waals surface area contributed by atoms with Crippen LogP contribution in [0.4, 0.5) is 16.0 Å². The van der Waals surface area contributed by atoms with Gasteiger partial charge in [-0.15, -0.1) is 0 Å². The first kappa shape index (κ1) is 24.9. The van der Waals surface area contributed by atoms with Gasteiger partial charge in [0.1, 0.15) is 17.3 Å². The molecule has 2 aromatic heterocycles. The topological polar surface area (TPSA) is 153 Å². The molecular weight excluding hydrogens is 497 g/mol. The summed E-state index contributed by atoms with van der Waals surface area (Å²) in [7, 11) is 0. The van der Waals surface area contributed by atoms with E-state index >= 15 is 0 Å². The van der Waals surface area contributed by atoms with E-state index in [0.717, 1.165) is 0 Å². The van der Waals surface area contributed by atoms with Gasteiger partial charge in [0.25, 0.3) is 5.91 Å². The van der Waals surface area contributed by atoms with Gasteiger partial charge in [-0.2, -0.15) is 0 Å². The SMILES string of the molecule is NC(=O)CNC(=O)C1CN(c2ncc(N3CC[C@@H](Oc4ccc(Oc5ccc(F)cc5)nc4)C3=O)cn2)C1. The molecule has 3 N–H and O–H groups in total. The van der Waals surface area contributed by atoms with Gasteiger partial charge in [-0.05, 0) is 30.3 Å². The molecule has 2 aliphatic heterocycles. The molecule has 0 saturated carbocycles. The number of ether oxygens (including phenoxy) is 2. The van der Waals surface area contributed by atoms with Gasteiger partial charge in [0.15, 0.2) is 6.10 Å². The first-order chi connectivity index (χ1) is 18.4. The number of pyridine rings is 1. The van der Waals surface area contributed by atoms with Crippen LogP contribution >= 0.6 is 0 Å². The molecule has 1 atom stereocenters. The van der Waals surface area contributed by atoms with E-state index in [4.69, 9.17) is 15.2 Å². The summed E-state index contributed by atoms with van der Waals surface area (Å²) in [6.07, 6.45) is 4.37. The highest BCUT2D eigenvalue weighted by molar-refractivity contribution is 5.98. The van der Waals surface area contributed by atoms with Crippen molar-refractivity contribution in [1.82, 2.24) is 20.3 Å². The summed E-state index contributed by atoms with van der Waals surface area (Å²) in [5.74, 6) is -0.0754. The molecule has 12 nitrogen and oxygen atoms in total. The summed E-state index contributed by atoms with van der Waals surface area (Å²) in [4.78, 5) is 51.9. The second kappa shape index (κ2) is 10.7. The molecule has 196 valence electrons. The fourth-order valence-corrected chi connectivity index (χ4v) is 4.05. The quantitative estimate of drug-likeness (QED) is 0.420. The van der Waals surface area contributed by atoms with Gasteiger partial charge in [-0.25, -0.2) is 19.3 Å². The van der Waals surface area contributed by atoms with Crippen LogP contribution in [0.3, 0.4) is 0 Å². The maximum Gasteiger partial charge on any atom is 0.268 e. The number of benzene rings is 1. The summed E-state index contributed by atoms with van der Waals surface area (Å²) >= 11 is 0. The van der Waals surface area contributed by atoms with Gasteiger partial charge in [-0.1, -0.05) is 0 Å². The van der Waals surface area contributed by atoms with Crippen molar-refractivity contribution in [3.63, 3.8) is 0 Å². The molecule has 38 heavy (non-hydrogen) atoms. The molecule has 4 heterocycles. The van der Waals surface area contributed by atoms with Gasteiger partial charge >= 0.3 is 0 Å². The van der Waals surface area contributed by atoms with Crippen LogP contribution in [0.15, 0.2) is 55.0 Å². The van der Waals surface area contributed by atoms with E-state index in [2.05, 4.69) is 20.3 Å². The van der Waals surface area contributed by atoms with Crippen LogP contribution < -0.4 is 30.3 Å². The number of hydrogen-bond donors (Lipinski definition) is 2. The van der Waals surface area contributed by atoms with Crippen LogP contribution in [0, 0.1) is 11.7 Å². The Morgan fingerprint density at radius 2 is 1.74 bits per heavy atom. The zero-order valence-electron chi connectivity index (χ0n) is 20.1. The van der Waals surface area contributed by atoms with Gasteiger partial charge in [-0.3, -0.25) is 14.4 Å². The van der Waals surface area contributed by atoms with Crippen molar-refractivity contribution in [1.29, 1.82) is 0 Å². The maximum absolute atomic E-state index is 13.0. The standard InChI is InChI=1S/C25H24FN7O5/c26-16-1-3-18(4-2-16)38-22-6-5-19(11-28-22)37-20-7-8-33(24(20)36)17-9-30-25(31-10-17)32-13-15(14-32)23(35)29-12-21(27)34/h1-6,9-11,15,20H,7-8,12-14H2,(H2,27,34)(H,29,35)/t20-/m1/s1. The highest BCUT2D eigenvalue weighted by Gasteiger charge is 2.36. The lowest BCUT2D eigenvalue weighted by atomic mass is 10.00. The molecule has 0 unspecified atom stereocenters. The van der Waals surface area contributed by atoms with Gasteiger partial charge < -0.3 is 30.3 Å². The fourth-order valence-electron chi connectivity index (χ4n) is 4.05. The summed E-state index contributed by atoms with van der Waals surface area (Å²) in [5.41, 5.74) is 5.58. The Labute approximate surface area is 216 Å². The zero-order valence-corrected chi connectivity index (χ0v) is 20.1. The first-order valence-corrected chi connectivity index (χ1v) is 11.9. The summed E-state index contributed by atoms with van der Waals surface area (Å²) < 4.78 is 24.4. The number of halogens is 1. The number of carbonyl (C=O) groups excluding carboxylic acids is 3. The minimum atomic E-state index is -0.685. The Kier molecular flexibility index (Phi) is 6.98. The largest absolute Gasteiger partial charge is 0.479 e. The molecule has 2 saturated heterocycles. The van der Waals surface area contributed by atoms with E-state index in [1.54, 1.807) is 29.4 Å². The summed E-state index contributed by atoms with van der Waals surface area (Å²) in [5, 5.41) is 2.48. The van der Waals surface area contributed by atoms with E-state index in [-0.39, 0.29) is 30.1 Å². The Morgan fingerprint density at radius 3 is 2.39 bits per heavy atom. The van der Waals surface area contributed by atoms with Crippen LogP contribution in [0.5, 0.6) is 17.4 Å². The van der Waals surface area contributed by atoms with Crippen molar-refractivity contribution >= 4 is 29.4 Å². The highest BCUT2D eigenvalue weighted by atomic mass is 19.1. The molecule has 0 radical (unpaired) electrons. The van der Waals surface area contributed by atoms with E-state index in [0.29, 0.717) is 55.1 Å². The van der Waals surface area contributed by atoms with Crippen molar-refractivity contribution in [3.8, 4) is 17.4 Å². The van der Waals surface area contributed by atoms with Gasteiger partial charge in [0.05, 0.1) is 36.7 Å². The smallest absolute Gasteiger partial charge is 0.268 e. The number of primary amides is 1. The van der Waals surface area contributed by atoms with Gasteiger partial charge in [0, 0.05) is 32.1 Å². The number of hydrogen-bond acceptors (Lipinski definition) is 9. The number of amides is 3. The number of nitrogens with two attached hydrogens (primary N) is 1. The van der Waals surface area contributed by atoms with Crippen LogP contribution in [-0.2, 0) is 14.4 Å². The third-order valence-electron chi connectivity index (χ3n) is 6.09. The predicted molar refractivity (Wildman–Crippen MR) is 132 cm³/mol. The zero-order chi connectivity index (χ0) is 26.6. The van der Waals surface area contributed by atoms with Crippen molar-refractivity contribution in [3.05, 3.63) is 60.8 Å². The minimum absolute atomic E-state index is 0.192. The number of nitrogens with zero attached hydrogens (tertiary/aromatic N) is 5.